The monoisotopic (exact) mass is 442 g/mol. The van der Waals surface area contributed by atoms with Crippen molar-refractivity contribution in [3.63, 3.8) is 0 Å². The molecule has 178 valence electrons. The maximum atomic E-state index is 5.87. The number of fused-ring (bicyclic) bond motifs is 1. The summed E-state index contributed by atoms with van der Waals surface area (Å²) in [4.78, 5) is 9.74. The predicted molar refractivity (Wildman–Crippen MR) is 129 cm³/mol. The summed E-state index contributed by atoms with van der Waals surface area (Å²) in [5, 5.41) is 3.90. The van der Waals surface area contributed by atoms with Gasteiger partial charge in [0.2, 0.25) is 0 Å². The van der Waals surface area contributed by atoms with Gasteiger partial charge in [-0.15, -0.1) is 0 Å². The topological polar surface area (TPSA) is 49.9 Å². The summed E-state index contributed by atoms with van der Waals surface area (Å²) in [6.07, 6.45) is 11.1. The maximum absolute atomic E-state index is 5.87. The molecule has 6 nitrogen and oxygen atoms in total. The zero-order valence-electron chi connectivity index (χ0n) is 19.9. The number of nitrogens with zero attached hydrogens (tertiary/aromatic N) is 3. The molecule has 3 aliphatic heterocycles. The van der Waals surface area contributed by atoms with Gasteiger partial charge in [-0.2, -0.15) is 0 Å². The van der Waals surface area contributed by atoms with Crippen LogP contribution in [0.1, 0.15) is 51.0 Å². The van der Waals surface area contributed by atoms with Crippen molar-refractivity contribution >= 4 is 5.82 Å². The number of ether oxygens (including phenoxy) is 2. The molecule has 0 amide bonds. The molecule has 3 fully saturated rings. The summed E-state index contributed by atoms with van der Waals surface area (Å²) in [5.74, 6) is 4.54. The van der Waals surface area contributed by atoms with Crippen molar-refractivity contribution < 1.29 is 9.47 Å². The van der Waals surface area contributed by atoms with E-state index in [1.165, 1.54) is 57.2 Å². The van der Waals surface area contributed by atoms with Crippen molar-refractivity contribution in [3.8, 4) is 5.75 Å². The van der Waals surface area contributed by atoms with Crippen molar-refractivity contribution in [2.24, 2.45) is 17.8 Å². The van der Waals surface area contributed by atoms with E-state index in [0.29, 0.717) is 5.92 Å². The molecule has 2 saturated heterocycles. The molecule has 0 aromatic carbocycles. The highest BCUT2D eigenvalue weighted by molar-refractivity contribution is 5.58. The lowest BCUT2D eigenvalue weighted by molar-refractivity contribution is 0.0230. The standard InChI is InChI=1S/C26H42N4O2/c1-20-19-31-16-8-23(20)18-28-24-4-2-21(3-5-24)7-11-29-12-14-30(15-13-29)26-25-22(6-10-27-26)9-17-32-25/h6,10,20-21,23-24,28H,2-5,7-9,11-19H2,1H3. The van der Waals surface area contributed by atoms with Crippen molar-refractivity contribution in [1.29, 1.82) is 0 Å². The van der Waals surface area contributed by atoms with E-state index in [2.05, 4.69) is 33.1 Å². The Hall–Kier alpha value is -1.37. The van der Waals surface area contributed by atoms with Gasteiger partial charge in [0, 0.05) is 63.6 Å². The summed E-state index contributed by atoms with van der Waals surface area (Å²) in [5.41, 5.74) is 1.32. The second-order valence-corrected chi connectivity index (χ2v) is 10.6. The molecule has 0 bridgehead atoms. The summed E-state index contributed by atoms with van der Waals surface area (Å²) >= 11 is 0. The zero-order valence-corrected chi connectivity index (χ0v) is 19.9. The highest BCUT2D eigenvalue weighted by Crippen LogP contribution is 2.34. The molecular formula is C26H42N4O2. The summed E-state index contributed by atoms with van der Waals surface area (Å²) in [6, 6.07) is 2.85. The Morgan fingerprint density at radius 3 is 2.72 bits per heavy atom. The fourth-order valence-corrected chi connectivity index (χ4v) is 6.07. The average molecular weight is 443 g/mol. The molecule has 5 rings (SSSR count). The molecule has 1 saturated carbocycles. The first-order valence-corrected chi connectivity index (χ1v) is 13.2. The Morgan fingerprint density at radius 1 is 1.06 bits per heavy atom. The molecule has 1 aromatic rings. The Balaban J connectivity index is 0.986. The fraction of sp³-hybridized carbons (Fsp3) is 0.808. The van der Waals surface area contributed by atoms with Crippen LogP contribution in [-0.4, -0.2) is 75.0 Å². The van der Waals surface area contributed by atoms with E-state index in [9.17, 15) is 0 Å². The van der Waals surface area contributed by atoms with Gasteiger partial charge in [0.15, 0.2) is 11.6 Å². The molecule has 4 aliphatic rings. The number of pyridine rings is 1. The SMILES string of the molecule is CC1COCCC1CNC1CCC(CCN2CCN(c3nccc4c3OCC4)CC2)CC1. The number of piperazine rings is 1. The first kappa shape index (κ1) is 22.4. The number of hydrogen-bond acceptors (Lipinski definition) is 6. The minimum absolute atomic E-state index is 0.708. The molecule has 0 radical (unpaired) electrons. The minimum Gasteiger partial charge on any atom is -0.489 e. The van der Waals surface area contributed by atoms with Gasteiger partial charge in [-0.05, 0) is 75.4 Å². The molecule has 6 heteroatoms. The lowest BCUT2D eigenvalue weighted by Gasteiger charge is -2.37. The Bertz CT molecular complexity index is 729. The van der Waals surface area contributed by atoms with Crippen LogP contribution >= 0.6 is 0 Å². The van der Waals surface area contributed by atoms with Gasteiger partial charge in [-0.1, -0.05) is 6.92 Å². The van der Waals surface area contributed by atoms with E-state index in [1.54, 1.807) is 0 Å². The quantitative estimate of drug-likeness (QED) is 0.699. The summed E-state index contributed by atoms with van der Waals surface area (Å²) in [7, 11) is 0. The Morgan fingerprint density at radius 2 is 1.91 bits per heavy atom. The molecule has 2 atom stereocenters. The minimum atomic E-state index is 0.708. The van der Waals surface area contributed by atoms with E-state index in [-0.39, 0.29) is 0 Å². The summed E-state index contributed by atoms with van der Waals surface area (Å²) < 4.78 is 11.5. The van der Waals surface area contributed by atoms with Gasteiger partial charge in [-0.25, -0.2) is 4.98 Å². The van der Waals surface area contributed by atoms with Crippen LogP contribution in [0.3, 0.4) is 0 Å². The Labute approximate surface area is 194 Å². The lowest BCUT2D eigenvalue weighted by atomic mass is 9.83. The van der Waals surface area contributed by atoms with Crippen molar-refractivity contribution in [3.05, 3.63) is 17.8 Å². The Kier molecular flexibility index (Phi) is 7.50. The van der Waals surface area contributed by atoms with Crippen molar-refractivity contribution in [2.45, 2.75) is 57.9 Å². The summed E-state index contributed by atoms with van der Waals surface area (Å²) in [6.45, 7) is 11.9. The smallest absolute Gasteiger partial charge is 0.171 e. The van der Waals surface area contributed by atoms with E-state index in [0.717, 1.165) is 81.9 Å². The van der Waals surface area contributed by atoms with E-state index in [4.69, 9.17) is 9.47 Å². The van der Waals surface area contributed by atoms with E-state index in [1.807, 2.05) is 6.20 Å². The second-order valence-electron chi connectivity index (χ2n) is 10.6. The predicted octanol–water partition coefficient (Wildman–Crippen LogP) is 3.35. The van der Waals surface area contributed by atoms with Gasteiger partial charge >= 0.3 is 0 Å². The number of rotatable bonds is 7. The van der Waals surface area contributed by atoms with Gasteiger partial charge in [-0.3, -0.25) is 4.90 Å². The molecule has 4 heterocycles. The largest absolute Gasteiger partial charge is 0.489 e. The molecule has 32 heavy (non-hydrogen) atoms. The first-order valence-electron chi connectivity index (χ1n) is 13.2. The van der Waals surface area contributed by atoms with Gasteiger partial charge < -0.3 is 19.7 Å². The number of anilines is 1. The number of aromatic nitrogens is 1. The van der Waals surface area contributed by atoms with Crippen LogP contribution in [-0.2, 0) is 11.2 Å². The van der Waals surface area contributed by atoms with Crippen LogP contribution < -0.4 is 15.0 Å². The molecular weight excluding hydrogens is 400 g/mol. The molecule has 0 spiro atoms. The number of hydrogen-bond donors (Lipinski definition) is 1. The third-order valence-corrected chi connectivity index (χ3v) is 8.44. The van der Waals surface area contributed by atoms with Gasteiger partial charge in [0.1, 0.15) is 0 Å². The normalized spacial score (nSPS) is 31.3. The van der Waals surface area contributed by atoms with E-state index >= 15 is 0 Å². The van der Waals surface area contributed by atoms with Crippen LogP contribution in [0.25, 0.3) is 0 Å². The van der Waals surface area contributed by atoms with Crippen LogP contribution in [0.2, 0.25) is 0 Å². The maximum Gasteiger partial charge on any atom is 0.171 e. The highest BCUT2D eigenvalue weighted by Gasteiger charge is 2.27. The third kappa shape index (κ3) is 5.40. The molecule has 1 N–H and O–H groups in total. The van der Waals surface area contributed by atoms with Crippen LogP contribution in [0.15, 0.2) is 12.3 Å². The van der Waals surface area contributed by atoms with E-state index < -0.39 is 0 Å². The lowest BCUT2D eigenvalue weighted by Crippen LogP contribution is -2.47. The van der Waals surface area contributed by atoms with Gasteiger partial charge in [0.05, 0.1) is 6.61 Å². The van der Waals surface area contributed by atoms with Crippen LogP contribution in [0, 0.1) is 17.8 Å². The van der Waals surface area contributed by atoms with Crippen molar-refractivity contribution in [1.82, 2.24) is 15.2 Å². The highest BCUT2D eigenvalue weighted by atomic mass is 16.5. The first-order chi connectivity index (χ1) is 15.8. The zero-order chi connectivity index (χ0) is 21.8. The van der Waals surface area contributed by atoms with Crippen LogP contribution in [0.5, 0.6) is 5.75 Å². The number of nitrogens with one attached hydrogen (secondary N) is 1. The molecule has 2 unspecified atom stereocenters. The molecule has 1 aromatic heterocycles. The second kappa shape index (κ2) is 10.7. The average Bonchev–Trinajstić information content (AvgIpc) is 3.32. The molecule has 1 aliphatic carbocycles. The van der Waals surface area contributed by atoms with Crippen LogP contribution in [0.4, 0.5) is 5.82 Å². The van der Waals surface area contributed by atoms with Crippen molar-refractivity contribution in [2.75, 3.05) is 64.0 Å². The third-order valence-electron chi connectivity index (χ3n) is 8.44. The van der Waals surface area contributed by atoms with Gasteiger partial charge in [0.25, 0.3) is 0 Å². The fourth-order valence-electron chi connectivity index (χ4n) is 6.07.